The molecule has 0 spiro atoms. The van der Waals surface area contributed by atoms with E-state index in [4.69, 9.17) is 16.9 Å². The number of hydrogen-bond donors (Lipinski definition) is 1. The number of aromatic nitrogens is 1. The molecule has 0 aliphatic heterocycles. The molecule has 1 aromatic carbocycles. The molecule has 0 unspecified atom stereocenters. The van der Waals surface area contributed by atoms with E-state index < -0.39 is 5.56 Å². The zero-order valence-electron chi connectivity index (χ0n) is 11.3. The van der Waals surface area contributed by atoms with Crippen LogP contribution in [0.25, 0.3) is 11.3 Å². The number of benzene rings is 1. The summed E-state index contributed by atoms with van der Waals surface area (Å²) in [4.78, 5) is 23.8. The molecule has 0 saturated heterocycles. The normalized spacial score (nSPS) is 9.95. The van der Waals surface area contributed by atoms with Gasteiger partial charge < -0.3 is 5.32 Å². The number of pyridine rings is 1. The molecule has 0 bridgehead atoms. The van der Waals surface area contributed by atoms with Gasteiger partial charge >= 0.3 is 0 Å². The minimum atomic E-state index is -0.492. The van der Waals surface area contributed by atoms with Crippen molar-refractivity contribution in [1.29, 1.82) is 5.26 Å². The molecular formula is C15H12ClN3O2. The summed E-state index contributed by atoms with van der Waals surface area (Å²) in [5.41, 5.74) is 0.800. The number of likely N-dealkylation sites (N-methyl/N-ethyl adjacent to an activating group) is 1. The Labute approximate surface area is 126 Å². The highest BCUT2D eigenvalue weighted by molar-refractivity contribution is 6.30. The van der Waals surface area contributed by atoms with E-state index in [-0.39, 0.29) is 18.0 Å². The number of nitrogens with zero attached hydrogens (tertiary/aromatic N) is 2. The molecule has 1 aromatic heterocycles. The average molecular weight is 302 g/mol. The highest BCUT2D eigenvalue weighted by Gasteiger charge is 2.12. The second kappa shape index (κ2) is 6.25. The molecule has 0 atom stereocenters. The van der Waals surface area contributed by atoms with Crippen LogP contribution in [0.4, 0.5) is 0 Å². The van der Waals surface area contributed by atoms with Gasteiger partial charge in [0.25, 0.3) is 5.56 Å². The first kappa shape index (κ1) is 14.8. The van der Waals surface area contributed by atoms with Crippen LogP contribution in [0.15, 0.2) is 41.2 Å². The number of carbonyl (C=O) groups is 1. The quantitative estimate of drug-likeness (QED) is 0.939. The van der Waals surface area contributed by atoms with Gasteiger partial charge in [0.15, 0.2) is 0 Å². The molecule has 6 heteroatoms. The molecule has 0 aliphatic rings. The third kappa shape index (κ3) is 3.12. The molecule has 2 rings (SSSR count). The second-order valence-corrected chi connectivity index (χ2v) is 4.75. The molecular weight excluding hydrogens is 290 g/mol. The number of amides is 1. The van der Waals surface area contributed by atoms with Crippen LogP contribution in [0.1, 0.15) is 5.56 Å². The maximum Gasteiger partial charge on any atom is 0.269 e. The van der Waals surface area contributed by atoms with Gasteiger partial charge in [0.2, 0.25) is 5.91 Å². The number of nitriles is 1. The second-order valence-electron chi connectivity index (χ2n) is 4.32. The molecule has 1 heterocycles. The summed E-state index contributed by atoms with van der Waals surface area (Å²) in [7, 11) is 1.49. The van der Waals surface area contributed by atoms with E-state index in [1.165, 1.54) is 17.7 Å². The van der Waals surface area contributed by atoms with E-state index in [2.05, 4.69) is 5.32 Å². The highest BCUT2D eigenvalue weighted by atomic mass is 35.5. The molecule has 106 valence electrons. The fourth-order valence-corrected chi connectivity index (χ4v) is 2.04. The molecule has 21 heavy (non-hydrogen) atoms. The maximum atomic E-state index is 12.2. The predicted molar refractivity (Wildman–Crippen MR) is 79.9 cm³/mol. The van der Waals surface area contributed by atoms with Gasteiger partial charge in [-0.3, -0.25) is 14.2 Å². The lowest BCUT2D eigenvalue weighted by molar-refractivity contribution is -0.121. The van der Waals surface area contributed by atoms with Crippen LogP contribution < -0.4 is 10.9 Å². The van der Waals surface area contributed by atoms with Crippen LogP contribution in [0.3, 0.4) is 0 Å². The van der Waals surface area contributed by atoms with Crippen LogP contribution in [-0.4, -0.2) is 17.5 Å². The Morgan fingerprint density at radius 1 is 1.29 bits per heavy atom. The van der Waals surface area contributed by atoms with Crippen LogP contribution in [0.5, 0.6) is 0 Å². The van der Waals surface area contributed by atoms with E-state index >= 15 is 0 Å². The van der Waals surface area contributed by atoms with Gasteiger partial charge in [-0.25, -0.2) is 0 Å². The monoisotopic (exact) mass is 301 g/mol. The lowest BCUT2D eigenvalue weighted by Crippen LogP contribution is -2.32. The van der Waals surface area contributed by atoms with Gasteiger partial charge in [-0.2, -0.15) is 5.26 Å². The minimum absolute atomic E-state index is 0.00313. The van der Waals surface area contributed by atoms with E-state index in [1.54, 1.807) is 30.3 Å². The summed E-state index contributed by atoms with van der Waals surface area (Å²) >= 11 is 5.85. The third-order valence-electron chi connectivity index (χ3n) is 3.02. The molecule has 1 amide bonds. The molecule has 0 fully saturated rings. The largest absolute Gasteiger partial charge is 0.358 e. The molecule has 2 aromatic rings. The Balaban J connectivity index is 2.62. The highest BCUT2D eigenvalue weighted by Crippen LogP contribution is 2.20. The Morgan fingerprint density at radius 3 is 2.52 bits per heavy atom. The first-order valence-corrected chi connectivity index (χ1v) is 6.55. The Kier molecular flexibility index (Phi) is 4.41. The Bertz CT molecular complexity index is 773. The topological polar surface area (TPSA) is 74.9 Å². The molecule has 5 nitrogen and oxygen atoms in total. The number of carbonyl (C=O) groups excluding carboxylic acids is 1. The van der Waals surface area contributed by atoms with Crippen molar-refractivity contribution in [3.05, 3.63) is 57.3 Å². The van der Waals surface area contributed by atoms with Gasteiger partial charge in [0.05, 0.1) is 5.69 Å². The van der Waals surface area contributed by atoms with Gasteiger partial charge in [-0.15, -0.1) is 0 Å². The van der Waals surface area contributed by atoms with Gasteiger partial charge in [0.1, 0.15) is 18.2 Å². The summed E-state index contributed by atoms with van der Waals surface area (Å²) in [6, 6.07) is 11.8. The molecule has 1 N–H and O–H groups in total. The molecule has 0 saturated carbocycles. The van der Waals surface area contributed by atoms with Gasteiger partial charge in [-0.1, -0.05) is 23.7 Å². The van der Waals surface area contributed by atoms with Crippen LogP contribution in [0, 0.1) is 11.3 Å². The average Bonchev–Trinajstić information content (AvgIpc) is 2.50. The van der Waals surface area contributed by atoms with Gasteiger partial charge in [-0.05, 0) is 29.8 Å². The fourth-order valence-electron chi connectivity index (χ4n) is 1.92. The molecule has 0 radical (unpaired) electrons. The van der Waals surface area contributed by atoms with Gasteiger partial charge in [0, 0.05) is 12.1 Å². The smallest absolute Gasteiger partial charge is 0.269 e. The van der Waals surface area contributed by atoms with Crippen molar-refractivity contribution < 1.29 is 4.79 Å². The van der Waals surface area contributed by atoms with E-state index in [9.17, 15) is 9.59 Å². The van der Waals surface area contributed by atoms with Crippen molar-refractivity contribution in [3.8, 4) is 17.3 Å². The summed E-state index contributed by atoms with van der Waals surface area (Å²) < 4.78 is 1.28. The van der Waals surface area contributed by atoms with Crippen molar-refractivity contribution in [2.24, 2.45) is 0 Å². The number of nitrogens with one attached hydrogen (secondary N) is 1. The van der Waals surface area contributed by atoms with Crippen molar-refractivity contribution >= 4 is 17.5 Å². The first-order valence-electron chi connectivity index (χ1n) is 6.17. The Morgan fingerprint density at radius 2 is 1.95 bits per heavy atom. The van der Waals surface area contributed by atoms with E-state index in [0.717, 1.165) is 5.56 Å². The SMILES string of the molecule is CNC(=O)Cn1c(-c2ccc(Cl)cc2)ccc(C#N)c1=O. The number of hydrogen-bond acceptors (Lipinski definition) is 3. The lowest BCUT2D eigenvalue weighted by atomic mass is 10.1. The fraction of sp³-hybridized carbons (Fsp3) is 0.133. The summed E-state index contributed by atoms with van der Waals surface area (Å²) in [5, 5.41) is 12.0. The predicted octanol–water partition coefficient (Wildman–Crippen LogP) is 1.79. The summed E-state index contributed by atoms with van der Waals surface area (Å²) in [6.45, 7) is -0.150. The van der Waals surface area contributed by atoms with Crippen molar-refractivity contribution in [1.82, 2.24) is 9.88 Å². The number of rotatable bonds is 3. The van der Waals surface area contributed by atoms with Crippen LogP contribution >= 0.6 is 11.6 Å². The van der Waals surface area contributed by atoms with E-state index in [0.29, 0.717) is 10.7 Å². The summed E-state index contributed by atoms with van der Waals surface area (Å²) in [6.07, 6.45) is 0. The van der Waals surface area contributed by atoms with Crippen LogP contribution in [-0.2, 0) is 11.3 Å². The zero-order valence-corrected chi connectivity index (χ0v) is 12.0. The van der Waals surface area contributed by atoms with Crippen molar-refractivity contribution in [3.63, 3.8) is 0 Å². The standard InChI is InChI=1S/C15H12ClN3O2/c1-18-14(20)9-19-13(7-4-11(8-17)15(19)21)10-2-5-12(16)6-3-10/h2-7H,9H2,1H3,(H,18,20). The summed E-state index contributed by atoms with van der Waals surface area (Å²) in [5.74, 6) is -0.317. The minimum Gasteiger partial charge on any atom is -0.358 e. The zero-order chi connectivity index (χ0) is 15.4. The maximum absolute atomic E-state index is 12.2. The molecule has 0 aliphatic carbocycles. The van der Waals surface area contributed by atoms with E-state index in [1.807, 2.05) is 6.07 Å². The van der Waals surface area contributed by atoms with Crippen LogP contribution in [0.2, 0.25) is 5.02 Å². The number of halogens is 1. The lowest BCUT2D eigenvalue weighted by Gasteiger charge is -2.12. The van der Waals surface area contributed by atoms with Crippen molar-refractivity contribution in [2.75, 3.05) is 7.05 Å². The third-order valence-corrected chi connectivity index (χ3v) is 3.27. The first-order chi connectivity index (χ1) is 10.1. The van der Waals surface area contributed by atoms with Crippen molar-refractivity contribution in [2.45, 2.75) is 6.54 Å². The Hall–Kier alpha value is -2.58.